The summed E-state index contributed by atoms with van der Waals surface area (Å²) in [5.41, 5.74) is 4.77. The molecule has 0 aliphatic rings. The van der Waals surface area contributed by atoms with Crippen molar-refractivity contribution in [2.75, 3.05) is 20.1 Å². The van der Waals surface area contributed by atoms with E-state index in [0.29, 0.717) is 13.1 Å². The number of rotatable bonds is 10. The third-order valence-corrected chi connectivity index (χ3v) is 6.38. The van der Waals surface area contributed by atoms with E-state index in [4.69, 9.17) is 0 Å². The zero-order valence-electron chi connectivity index (χ0n) is 19.7. The number of hydrogen-bond donors (Lipinski definition) is 3. The van der Waals surface area contributed by atoms with Crippen LogP contribution in [0.4, 0.5) is 4.39 Å². The Morgan fingerprint density at radius 2 is 2.00 bits per heavy atom. The summed E-state index contributed by atoms with van der Waals surface area (Å²) in [6.07, 6.45) is 8.47. The number of aromatic nitrogens is 4. The summed E-state index contributed by atoms with van der Waals surface area (Å²) in [6, 6.07) is 5.76. The van der Waals surface area contributed by atoms with E-state index in [-0.39, 0.29) is 5.69 Å². The number of halogens is 1. The molecule has 9 heteroatoms. The molecular formula is C23H34FN7O. The van der Waals surface area contributed by atoms with Crippen molar-refractivity contribution in [3.63, 3.8) is 0 Å². The Balaban J connectivity index is 2.04. The average Bonchev–Trinajstić information content (AvgIpc) is 3.33. The van der Waals surface area contributed by atoms with Gasteiger partial charge in [-0.1, -0.05) is 19.1 Å². The third-order valence-electron chi connectivity index (χ3n) is 6.38. The van der Waals surface area contributed by atoms with Gasteiger partial charge in [-0.3, -0.25) is 30.0 Å². The van der Waals surface area contributed by atoms with Gasteiger partial charge in [0.1, 0.15) is 11.3 Å². The first-order chi connectivity index (χ1) is 15.2. The molecule has 1 aromatic carbocycles. The number of alkyl halides is 1. The summed E-state index contributed by atoms with van der Waals surface area (Å²) in [5.74, 6) is -0.546. The average molecular weight is 444 g/mol. The second kappa shape index (κ2) is 9.40. The lowest BCUT2D eigenvalue weighted by Gasteiger charge is -2.42. The SMILES string of the molecule is C/C=C/C(C)(F)[C@@H](C)C(C)(NCCNNC)n1ccn(-c2ccc3c(cnn3C)c2)c1=O. The topological polar surface area (TPSA) is 80.8 Å². The van der Waals surface area contributed by atoms with Gasteiger partial charge in [0.25, 0.3) is 0 Å². The van der Waals surface area contributed by atoms with Crippen molar-refractivity contribution >= 4 is 10.9 Å². The summed E-state index contributed by atoms with van der Waals surface area (Å²) in [5, 5.41) is 8.62. The molecule has 0 aliphatic carbocycles. The summed E-state index contributed by atoms with van der Waals surface area (Å²) >= 11 is 0. The molecule has 0 radical (unpaired) electrons. The number of nitrogens with zero attached hydrogens (tertiary/aromatic N) is 4. The summed E-state index contributed by atoms with van der Waals surface area (Å²) in [4.78, 5) is 13.5. The molecule has 0 amide bonds. The molecule has 3 aromatic rings. The molecule has 3 atom stereocenters. The summed E-state index contributed by atoms with van der Waals surface area (Å²) in [6.45, 7) is 8.18. The molecule has 0 saturated carbocycles. The van der Waals surface area contributed by atoms with E-state index in [1.165, 1.54) is 0 Å². The molecule has 2 aromatic heterocycles. The molecule has 8 nitrogen and oxygen atoms in total. The standard InChI is InChI=1S/C23H34FN7O/c1-7-10-22(3,24)17(2)23(4,26-11-12-27-25-5)31-14-13-30(21(31)32)19-8-9-20-18(15-19)16-28-29(20)6/h7-10,13-17,25-27H,11-12H2,1-6H3/b10-7+/t17-,22?,23?/m1/s1. The lowest BCUT2D eigenvalue weighted by molar-refractivity contribution is 0.0372. The molecule has 3 N–H and O–H groups in total. The number of benzene rings is 1. The van der Waals surface area contributed by atoms with Crippen molar-refractivity contribution in [3.8, 4) is 5.69 Å². The number of nitrogens with one attached hydrogen (secondary N) is 3. The van der Waals surface area contributed by atoms with Crippen molar-refractivity contribution in [1.82, 2.24) is 35.1 Å². The molecule has 0 aliphatic heterocycles. The Morgan fingerprint density at radius 1 is 1.25 bits per heavy atom. The summed E-state index contributed by atoms with van der Waals surface area (Å²) in [7, 11) is 3.67. The van der Waals surface area contributed by atoms with Crippen molar-refractivity contribution in [2.24, 2.45) is 13.0 Å². The van der Waals surface area contributed by atoms with E-state index in [1.54, 1.807) is 65.5 Å². The Kier molecular flexibility index (Phi) is 7.02. The minimum Gasteiger partial charge on any atom is -0.293 e. The molecule has 174 valence electrons. The number of hydrazine groups is 1. The molecule has 32 heavy (non-hydrogen) atoms. The maximum Gasteiger partial charge on any atom is 0.334 e. The van der Waals surface area contributed by atoms with Crippen molar-refractivity contribution < 1.29 is 4.39 Å². The number of fused-ring (bicyclic) bond motifs is 1. The first-order valence-electron chi connectivity index (χ1n) is 10.9. The number of aryl methyl sites for hydroxylation is 1. The predicted molar refractivity (Wildman–Crippen MR) is 127 cm³/mol. The van der Waals surface area contributed by atoms with Gasteiger partial charge in [-0.15, -0.1) is 0 Å². The van der Waals surface area contributed by atoms with Crippen LogP contribution in [0.15, 0.2) is 53.7 Å². The molecule has 0 fully saturated rings. The van der Waals surface area contributed by atoms with E-state index in [2.05, 4.69) is 21.3 Å². The lowest BCUT2D eigenvalue weighted by Crippen LogP contribution is -2.59. The van der Waals surface area contributed by atoms with Gasteiger partial charge in [-0.2, -0.15) is 5.10 Å². The van der Waals surface area contributed by atoms with Gasteiger partial charge < -0.3 is 0 Å². The number of allylic oxidation sites excluding steroid dienone is 2. The van der Waals surface area contributed by atoms with Crippen molar-refractivity contribution in [3.05, 3.63) is 59.4 Å². The van der Waals surface area contributed by atoms with Gasteiger partial charge in [0.05, 0.1) is 17.4 Å². The Morgan fingerprint density at radius 3 is 2.69 bits per heavy atom. The maximum absolute atomic E-state index is 15.6. The van der Waals surface area contributed by atoms with Gasteiger partial charge in [0.15, 0.2) is 0 Å². The van der Waals surface area contributed by atoms with Crippen LogP contribution in [0.2, 0.25) is 0 Å². The molecule has 0 spiro atoms. The normalized spacial score (nSPS) is 17.0. The van der Waals surface area contributed by atoms with Crippen LogP contribution < -0.4 is 21.9 Å². The predicted octanol–water partition coefficient (Wildman–Crippen LogP) is 2.45. The minimum atomic E-state index is -1.62. The van der Waals surface area contributed by atoms with Crippen LogP contribution in [0.25, 0.3) is 16.6 Å². The van der Waals surface area contributed by atoms with Crippen LogP contribution in [0, 0.1) is 5.92 Å². The minimum absolute atomic E-state index is 0.243. The summed E-state index contributed by atoms with van der Waals surface area (Å²) < 4.78 is 20.6. The van der Waals surface area contributed by atoms with Gasteiger partial charge in [0, 0.05) is 43.8 Å². The monoisotopic (exact) mass is 443 g/mol. The van der Waals surface area contributed by atoms with Gasteiger partial charge >= 0.3 is 5.69 Å². The second-order valence-corrected chi connectivity index (χ2v) is 8.46. The van der Waals surface area contributed by atoms with Crippen LogP contribution in [0.5, 0.6) is 0 Å². The van der Waals surface area contributed by atoms with Gasteiger partial charge in [0.2, 0.25) is 0 Å². The largest absolute Gasteiger partial charge is 0.334 e. The molecular weight excluding hydrogens is 409 g/mol. The van der Waals surface area contributed by atoms with Crippen molar-refractivity contribution in [1.29, 1.82) is 0 Å². The van der Waals surface area contributed by atoms with Crippen LogP contribution in [-0.2, 0) is 12.7 Å². The number of imidazole rings is 1. The first-order valence-corrected chi connectivity index (χ1v) is 10.9. The van der Waals surface area contributed by atoms with Gasteiger partial charge in [-0.05, 0) is 46.0 Å². The molecule has 2 heterocycles. The zero-order chi connectivity index (χ0) is 23.5. The second-order valence-electron chi connectivity index (χ2n) is 8.46. The third kappa shape index (κ3) is 4.41. The fourth-order valence-electron chi connectivity index (χ4n) is 4.20. The van der Waals surface area contributed by atoms with E-state index in [1.807, 2.05) is 39.1 Å². The van der Waals surface area contributed by atoms with Crippen LogP contribution in [0.3, 0.4) is 0 Å². The fraction of sp³-hybridized carbons (Fsp3) is 0.478. The maximum atomic E-state index is 15.6. The first kappa shape index (κ1) is 23.9. The highest BCUT2D eigenvalue weighted by Gasteiger charge is 2.44. The Labute approximate surface area is 188 Å². The fourth-order valence-corrected chi connectivity index (χ4v) is 4.20. The molecule has 2 unspecified atom stereocenters. The van der Waals surface area contributed by atoms with E-state index in [0.717, 1.165) is 16.6 Å². The molecule has 0 bridgehead atoms. The highest BCUT2D eigenvalue weighted by atomic mass is 19.1. The zero-order valence-corrected chi connectivity index (χ0v) is 19.7. The Bertz CT molecular complexity index is 1140. The molecule has 0 saturated heterocycles. The smallest absolute Gasteiger partial charge is 0.293 e. The number of hydrogen-bond acceptors (Lipinski definition) is 5. The molecule has 3 rings (SSSR count). The van der Waals surface area contributed by atoms with E-state index >= 15 is 4.39 Å². The van der Waals surface area contributed by atoms with Crippen LogP contribution in [-0.4, -0.2) is 44.7 Å². The quantitative estimate of drug-likeness (QED) is 0.255. The Hall–Kier alpha value is -2.75. The lowest BCUT2D eigenvalue weighted by atomic mass is 9.81. The van der Waals surface area contributed by atoms with E-state index in [9.17, 15) is 4.79 Å². The van der Waals surface area contributed by atoms with Gasteiger partial charge in [-0.25, -0.2) is 9.18 Å². The van der Waals surface area contributed by atoms with Crippen molar-refractivity contribution in [2.45, 2.75) is 39.0 Å². The highest BCUT2D eigenvalue weighted by Crippen LogP contribution is 2.35. The van der Waals surface area contributed by atoms with E-state index < -0.39 is 17.2 Å². The van der Waals surface area contributed by atoms with Crippen LogP contribution in [0.1, 0.15) is 27.7 Å². The van der Waals surface area contributed by atoms with Crippen LogP contribution >= 0.6 is 0 Å². The highest BCUT2D eigenvalue weighted by molar-refractivity contribution is 5.80.